The van der Waals surface area contributed by atoms with Gasteiger partial charge in [-0.2, -0.15) is 13.2 Å². The number of alkyl halides is 3. The SMILES string of the molecule is COc1cc(C(=O)N2C[C@H](N)CCN2C)cc2nc(-c3cc4ccc([C@@H](C)NC(=O)c5c(F)cccc5C(F)(F)F)nc4n3CC3CC3)n(C)c12. The molecule has 3 N–H and O–H groups in total. The fourth-order valence-corrected chi connectivity index (χ4v) is 6.78. The van der Waals surface area contributed by atoms with Gasteiger partial charge in [-0.15, -0.1) is 0 Å². The summed E-state index contributed by atoms with van der Waals surface area (Å²) >= 11 is 0. The number of hydrogen-bond donors (Lipinski definition) is 2. The molecule has 2 aliphatic rings. The van der Waals surface area contributed by atoms with E-state index in [0.29, 0.717) is 71.1 Å². The Morgan fingerprint density at radius 2 is 1.84 bits per heavy atom. The number of nitrogens with zero attached hydrogens (tertiary/aromatic N) is 6. The van der Waals surface area contributed by atoms with Gasteiger partial charge in [0.25, 0.3) is 11.8 Å². The minimum atomic E-state index is -4.91. The number of amides is 2. The predicted octanol–water partition coefficient (Wildman–Crippen LogP) is 5.68. The molecule has 2 amide bonds. The Balaban J connectivity index is 1.26. The van der Waals surface area contributed by atoms with E-state index < -0.39 is 35.1 Å². The van der Waals surface area contributed by atoms with Crippen LogP contribution in [-0.4, -0.2) is 74.2 Å². The molecule has 15 heteroatoms. The normalized spacial score (nSPS) is 17.7. The van der Waals surface area contributed by atoms with Gasteiger partial charge in [0.1, 0.15) is 22.7 Å². The summed E-state index contributed by atoms with van der Waals surface area (Å²) in [6, 6.07) is 10.4. The third-order valence-electron chi connectivity index (χ3n) is 9.75. The van der Waals surface area contributed by atoms with E-state index in [2.05, 4.69) is 9.88 Å². The number of aromatic nitrogens is 4. The molecule has 51 heavy (non-hydrogen) atoms. The van der Waals surface area contributed by atoms with Crippen molar-refractivity contribution in [2.24, 2.45) is 18.7 Å². The van der Waals surface area contributed by atoms with Crippen LogP contribution < -0.4 is 15.8 Å². The van der Waals surface area contributed by atoms with Crippen molar-refractivity contribution >= 4 is 33.9 Å². The minimum absolute atomic E-state index is 0.117. The summed E-state index contributed by atoms with van der Waals surface area (Å²) in [5.74, 6) is -1.13. The number of nitrogens with one attached hydrogen (secondary N) is 1. The number of benzene rings is 2. The van der Waals surface area contributed by atoms with Gasteiger partial charge in [0.05, 0.1) is 47.7 Å². The fraction of sp³-hybridized carbons (Fsp3) is 0.389. The average Bonchev–Trinajstić information content (AvgIpc) is 3.76. The number of methoxy groups -OCH3 is 1. The molecule has 2 aromatic carbocycles. The number of aryl methyl sites for hydroxylation is 1. The second kappa shape index (κ2) is 12.9. The summed E-state index contributed by atoms with van der Waals surface area (Å²) in [5.41, 5.74) is 7.23. The van der Waals surface area contributed by atoms with E-state index in [1.54, 1.807) is 37.2 Å². The van der Waals surface area contributed by atoms with Gasteiger partial charge in [0.15, 0.2) is 5.82 Å². The van der Waals surface area contributed by atoms with E-state index in [4.69, 9.17) is 20.4 Å². The Hall–Kier alpha value is -5.02. The van der Waals surface area contributed by atoms with E-state index >= 15 is 0 Å². The van der Waals surface area contributed by atoms with Crippen LogP contribution in [0.2, 0.25) is 0 Å². The number of pyridine rings is 1. The van der Waals surface area contributed by atoms with E-state index in [9.17, 15) is 27.2 Å². The minimum Gasteiger partial charge on any atom is -0.494 e. The number of ether oxygens (including phenoxy) is 1. The number of hydrazine groups is 1. The van der Waals surface area contributed by atoms with Crippen LogP contribution in [0.4, 0.5) is 17.6 Å². The van der Waals surface area contributed by atoms with Crippen LogP contribution in [0.15, 0.2) is 48.5 Å². The van der Waals surface area contributed by atoms with Crippen molar-refractivity contribution < 1.29 is 31.9 Å². The number of nitrogens with two attached hydrogens (primary N) is 1. The van der Waals surface area contributed by atoms with Crippen molar-refractivity contribution in [3.63, 3.8) is 0 Å². The molecule has 1 saturated heterocycles. The zero-order valence-corrected chi connectivity index (χ0v) is 28.6. The van der Waals surface area contributed by atoms with E-state index in [1.807, 2.05) is 35.8 Å². The summed E-state index contributed by atoms with van der Waals surface area (Å²) in [7, 11) is 5.28. The quantitative estimate of drug-likeness (QED) is 0.199. The lowest BCUT2D eigenvalue weighted by Gasteiger charge is -2.38. The first-order valence-electron chi connectivity index (χ1n) is 16.7. The maximum absolute atomic E-state index is 14.5. The molecule has 1 aliphatic carbocycles. The van der Waals surface area contributed by atoms with Crippen molar-refractivity contribution in [2.45, 2.75) is 51.0 Å². The van der Waals surface area contributed by atoms with Gasteiger partial charge in [-0.05, 0) is 74.6 Å². The maximum Gasteiger partial charge on any atom is 0.417 e. The highest BCUT2D eigenvalue weighted by molar-refractivity contribution is 6.00. The molecule has 1 saturated carbocycles. The van der Waals surface area contributed by atoms with Crippen LogP contribution >= 0.6 is 0 Å². The van der Waals surface area contributed by atoms with Crippen molar-refractivity contribution in [3.05, 3.63) is 76.7 Å². The van der Waals surface area contributed by atoms with Gasteiger partial charge in [0, 0.05) is 44.2 Å². The molecular formula is C36H38F4N8O3. The third-order valence-corrected chi connectivity index (χ3v) is 9.75. The number of carbonyl (C=O) groups is 2. The van der Waals surface area contributed by atoms with Crippen molar-refractivity contribution in [1.82, 2.24) is 34.4 Å². The monoisotopic (exact) mass is 706 g/mol. The molecule has 3 aromatic heterocycles. The second-order valence-electron chi connectivity index (χ2n) is 13.4. The van der Waals surface area contributed by atoms with E-state index in [-0.39, 0.29) is 11.9 Å². The molecule has 0 bridgehead atoms. The lowest BCUT2D eigenvalue weighted by Crippen LogP contribution is -2.55. The standard InChI is InChI=1S/C36H38F4N8O3/c1-19(42-34(49)30-24(36(38,39)40)6-5-7-25(30)37)26-11-10-21-15-28(47(32(21)43-26)17-20-8-9-20)33-44-27-14-22(16-29(51-4)31(27)46(33)3)35(50)48-18-23(41)12-13-45(48)2/h5-7,10-11,14-16,19-20,23H,8-9,12-13,17-18,41H2,1-4H3,(H,42,49)/t19-,23-/m1/s1. The number of fused-ring (bicyclic) bond motifs is 2. The van der Waals surface area contributed by atoms with Crippen LogP contribution in [0.1, 0.15) is 64.2 Å². The average molecular weight is 707 g/mol. The molecule has 1 aliphatic heterocycles. The Labute approximate surface area is 290 Å². The summed E-state index contributed by atoms with van der Waals surface area (Å²) in [6.45, 7) is 3.30. The van der Waals surface area contributed by atoms with E-state index in [0.717, 1.165) is 42.5 Å². The molecule has 0 spiro atoms. The first-order valence-corrected chi connectivity index (χ1v) is 16.7. The number of hydrogen-bond acceptors (Lipinski definition) is 7. The molecule has 0 unspecified atom stereocenters. The van der Waals surface area contributed by atoms with Gasteiger partial charge in [0.2, 0.25) is 0 Å². The Morgan fingerprint density at radius 1 is 1.08 bits per heavy atom. The number of halogens is 4. The molecule has 0 radical (unpaired) electrons. The second-order valence-corrected chi connectivity index (χ2v) is 13.4. The predicted molar refractivity (Wildman–Crippen MR) is 182 cm³/mol. The molecule has 5 aromatic rings. The smallest absolute Gasteiger partial charge is 0.417 e. The third kappa shape index (κ3) is 6.40. The Bertz CT molecular complexity index is 2170. The lowest BCUT2D eigenvalue weighted by atomic mass is 10.0. The summed E-state index contributed by atoms with van der Waals surface area (Å²) in [5, 5.41) is 6.81. The highest BCUT2D eigenvalue weighted by Gasteiger charge is 2.37. The van der Waals surface area contributed by atoms with Crippen LogP contribution in [0.5, 0.6) is 5.75 Å². The lowest BCUT2D eigenvalue weighted by molar-refractivity contribution is -0.138. The molecule has 2 atom stereocenters. The first kappa shape index (κ1) is 34.4. The highest BCUT2D eigenvalue weighted by atomic mass is 19.4. The van der Waals surface area contributed by atoms with Crippen LogP contribution in [0.25, 0.3) is 33.6 Å². The Kier molecular flexibility index (Phi) is 8.74. The molecule has 268 valence electrons. The zero-order chi connectivity index (χ0) is 36.4. The molecule has 7 rings (SSSR count). The zero-order valence-electron chi connectivity index (χ0n) is 28.6. The first-order chi connectivity index (χ1) is 24.2. The van der Waals surface area contributed by atoms with Crippen LogP contribution in [-0.2, 0) is 19.8 Å². The molecule has 4 heterocycles. The van der Waals surface area contributed by atoms with Gasteiger partial charge in [-0.3, -0.25) is 14.6 Å². The summed E-state index contributed by atoms with van der Waals surface area (Å²) in [4.78, 5) is 36.6. The maximum atomic E-state index is 14.5. The number of carbonyl (C=O) groups excluding carboxylic acids is 2. The van der Waals surface area contributed by atoms with Gasteiger partial charge in [-0.25, -0.2) is 19.4 Å². The molecule has 11 nitrogen and oxygen atoms in total. The van der Waals surface area contributed by atoms with Crippen molar-refractivity contribution in [2.75, 3.05) is 27.2 Å². The van der Waals surface area contributed by atoms with Gasteiger partial charge in [-0.1, -0.05) is 6.07 Å². The van der Waals surface area contributed by atoms with Gasteiger partial charge < -0.3 is 24.9 Å². The van der Waals surface area contributed by atoms with Crippen molar-refractivity contribution in [3.8, 4) is 17.3 Å². The topological polar surface area (TPSA) is 124 Å². The highest BCUT2D eigenvalue weighted by Crippen LogP contribution is 2.38. The fourth-order valence-electron chi connectivity index (χ4n) is 6.78. The molecular weight excluding hydrogens is 668 g/mol. The number of rotatable bonds is 8. The van der Waals surface area contributed by atoms with Crippen molar-refractivity contribution in [1.29, 1.82) is 0 Å². The van der Waals surface area contributed by atoms with Gasteiger partial charge >= 0.3 is 6.18 Å². The van der Waals surface area contributed by atoms with Crippen LogP contribution in [0, 0.1) is 11.7 Å². The van der Waals surface area contributed by atoms with E-state index in [1.165, 1.54) is 0 Å². The number of imidazole rings is 1. The van der Waals surface area contributed by atoms with Crippen LogP contribution in [0.3, 0.4) is 0 Å². The largest absolute Gasteiger partial charge is 0.494 e. The Morgan fingerprint density at radius 3 is 2.55 bits per heavy atom. The molecule has 2 fully saturated rings. The summed E-state index contributed by atoms with van der Waals surface area (Å²) < 4.78 is 65.2. The summed E-state index contributed by atoms with van der Waals surface area (Å²) in [6.07, 6.45) is -2.02.